The quantitative estimate of drug-likeness (QED) is 0.322. The van der Waals surface area contributed by atoms with Gasteiger partial charge in [-0.1, -0.05) is 0 Å². The van der Waals surface area contributed by atoms with Crippen molar-refractivity contribution in [2.45, 2.75) is 25.7 Å². The van der Waals surface area contributed by atoms with E-state index in [4.69, 9.17) is 0 Å². The molecule has 33 heavy (non-hydrogen) atoms. The van der Waals surface area contributed by atoms with Gasteiger partial charge < -0.3 is 5.32 Å². The Morgan fingerprint density at radius 2 is 1.88 bits per heavy atom. The average Bonchev–Trinajstić information content (AvgIpc) is 3.42. The zero-order valence-electron chi connectivity index (χ0n) is 18.0. The summed E-state index contributed by atoms with van der Waals surface area (Å²) in [7, 11) is -3.88. The number of aromatic nitrogens is 8. The first-order valence-electron chi connectivity index (χ1n) is 9.90. The molecule has 0 unspecified atom stereocenters. The summed E-state index contributed by atoms with van der Waals surface area (Å²) in [6.45, 7) is 6.21. The van der Waals surface area contributed by atoms with Crippen LogP contribution in [0.15, 0.2) is 35.2 Å². The largest absolute Gasteiger partial charge is 0.367 e. The molecule has 0 atom stereocenters. The van der Waals surface area contributed by atoms with Crippen molar-refractivity contribution in [1.82, 2.24) is 45.3 Å². The van der Waals surface area contributed by atoms with Crippen LogP contribution in [0.2, 0.25) is 0 Å². The molecule has 1 aromatic carbocycles. The summed E-state index contributed by atoms with van der Waals surface area (Å²) >= 11 is 0. The molecule has 3 aromatic heterocycles. The second-order valence-corrected chi connectivity index (χ2v) is 8.95. The number of benzene rings is 1. The Kier molecular flexibility index (Phi) is 6.11. The Balaban J connectivity index is 1.36. The lowest BCUT2D eigenvalue weighted by Crippen LogP contribution is -2.29. The lowest BCUT2D eigenvalue weighted by atomic mass is 10.2. The Morgan fingerprint density at radius 1 is 1.06 bits per heavy atom. The molecule has 0 aliphatic carbocycles. The minimum Gasteiger partial charge on any atom is -0.367 e. The molecule has 3 heterocycles. The SMILES string of the molecule is Cc1nn(-c2ccc(NCCNS(=O)(=O)c3ccc(F)c(-c4nn[nH]n4)c3)nn2)c(C)c1C. The molecular formula is C19H21FN10O2S. The van der Waals surface area contributed by atoms with E-state index in [0.717, 1.165) is 29.1 Å². The fourth-order valence-electron chi connectivity index (χ4n) is 3.05. The van der Waals surface area contributed by atoms with Gasteiger partial charge in [-0.2, -0.15) is 10.3 Å². The van der Waals surface area contributed by atoms with Crippen LogP contribution in [-0.2, 0) is 10.0 Å². The molecule has 0 aliphatic heterocycles. The van der Waals surface area contributed by atoms with Gasteiger partial charge in [0, 0.05) is 18.8 Å². The maximum absolute atomic E-state index is 14.0. The third-order valence-corrected chi connectivity index (χ3v) is 6.54. The lowest BCUT2D eigenvalue weighted by molar-refractivity contribution is 0.582. The highest BCUT2D eigenvalue weighted by atomic mass is 32.2. The summed E-state index contributed by atoms with van der Waals surface area (Å²) in [5, 5.41) is 28.7. The summed E-state index contributed by atoms with van der Waals surface area (Å²) < 4.78 is 43.4. The molecule has 0 saturated carbocycles. The van der Waals surface area contributed by atoms with Gasteiger partial charge in [-0.3, -0.25) is 0 Å². The van der Waals surface area contributed by atoms with E-state index in [9.17, 15) is 12.8 Å². The number of rotatable bonds is 8. The predicted molar refractivity (Wildman–Crippen MR) is 117 cm³/mol. The van der Waals surface area contributed by atoms with E-state index in [1.807, 2.05) is 20.8 Å². The van der Waals surface area contributed by atoms with Crippen LogP contribution in [-0.4, -0.2) is 62.1 Å². The molecule has 0 saturated heterocycles. The van der Waals surface area contributed by atoms with Gasteiger partial charge in [0.15, 0.2) is 5.82 Å². The Morgan fingerprint density at radius 3 is 2.52 bits per heavy atom. The van der Waals surface area contributed by atoms with Crippen LogP contribution < -0.4 is 10.0 Å². The highest BCUT2D eigenvalue weighted by molar-refractivity contribution is 7.89. The van der Waals surface area contributed by atoms with Crippen LogP contribution in [0.3, 0.4) is 0 Å². The van der Waals surface area contributed by atoms with E-state index in [-0.39, 0.29) is 29.4 Å². The summed E-state index contributed by atoms with van der Waals surface area (Å²) in [5.74, 6) is 0.375. The number of H-pyrrole nitrogens is 1. The second-order valence-electron chi connectivity index (χ2n) is 7.19. The van der Waals surface area contributed by atoms with Crippen molar-refractivity contribution < 1.29 is 12.8 Å². The van der Waals surface area contributed by atoms with Crippen molar-refractivity contribution in [3.05, 3.63) is 53.1 Å². The number of aryl methyl sites for hydroxylation is 1. The average molecular weight is 473 g/mol. The van der Waals surface area contributed by atoms with Gasteiger partial charge in [0.05, 0.1) is 16.2 Å². The summed E-state index contributed by atoms with van der Waals surface area (Å²) in [4.78, 5) is -0.118. The fourth-order valence-corrected chi connectivity index (χ4v) is 4.11. The maximum Gasteiger partial charge on any atom is 0.240 e. The van der Waals surface area contributed by atoms with E-state index in [0.29, 0.717) is 11.6 Å². The highest BCUT2D eigenvalue weighted by Gasteiger charge is 2.18. The molecule has 0 amide bonds. The van der Waals surface area contributed by atoms with E-state index < -0.39 is 15.8 Å². The van der Waals surface area contributed by atoms with Crippen LogP contribution >= 0.6 is 0 Å². The first kappa shape index (κ1) is 22.4. The van der Waals surface area contributed by atoms with Crippen LogP contribution in [0.25, 0.3) is 17.2 Å². The van der Waals surface area contributed by atoms with Crippen molar-refractivity contribution in [2.75, 3.05) is 18.4 Å². The molecule has 4 aromatic rings. The fraction of sp³-hybridized carbons (Fsp3) is 0.263. The molecule has 3 N–H and O–H groups in total. The van der Waals surface area contributed by atoms with Gasteiger partial charge in [0.25, 0.3) is 0 Å². The van der Waals surface area contributed by atoms with Crippen LogP contribution in [0.1, 0.15) is 17.0 Å². The predicted octanol–water partition coefficient (Wildman–Crippen LogP) is 1.30. The molecular weight excluding hydrogens is 451 g/mol. The van der Waals surface area contributed by atoms with E-state index >= 15 is 0 Å². The molecule has 0 fully saturated rings. The Labute approximate surface area is 188 Å². The maximum atomic E-state index is 14.0. The van der Waals surface area contributed by atoms with Gasteiger partial charge in [-0.05, 0) is 61.9 Å². The topological polar surface area (TPSA) is 156 Å². The first-order chi connectivity index (χ1) is 15.8. The number of nitrogens with zero attached hydrogens (tertiary/aromatic N) is 7. The van der Waals surface area contributed by atoms with Crippen molar-refractivity contribution in [2.24, 2.45) is 0 Å². The number of tetrazole rings is 1. The first-order valence-corrected chi connectivity index (χ1v) is 11.4. The minimum atomic E-state index is -3.88. The molecule has 0 spiro atoms. The van der Waals surface area contributed by atoms with Gasteiger partial charge in [-0.25, -0.2) is 22.2 Å². The van der Waals surface area contributed by atoms with Crippen LogP contribution in [0.5, 0.6) is 0 Å². The number of halogens is 1. The second kappa shape index (κ2) is 8.99. The lowest BCUT2D eigenvalue weighted by Gasteiger charge is -2.09. The number of sulfonamides is 1. The molecule has 4 rings (SSSR count). The van der Waals surface area contributed by atoms with Crippen molar-refractivity contribution in [3.63, 3.8) is 0 Å². The smallest absolute Gasteiger partial charge is 0.240 e. The third-order valence-electron chi connectivity index (χ3n) is 5.08. The molecule has 12 nitrogen and oxygen atoms in total. The van der Waals surface area contributed by atoms with E-state index in [2.05, 4.69) is 46.0 Å². The zero-order chi connectivity index (χ0) is 23.6. The molecule has 0 aliphatic rings. The number of aromatic amines is 1. The number of hydrogen-bond acceptors (Lipinski definition) is 9. The monoisotopic (exact) mass is 472 g/mol. The molecule has 14 heteroatoms. The summed E-state index contributed by atoms with van der Waals surface area (Å²) in [6, 6.07) is 6.87. The van der Waals surface area contributed by atoms with Crippen LogP contribution in [0, 0.1) is 26.6 Å². The number of anilines is 1. The van der Waals surface area contributed by atoms with Gasteiger partial charge in [-0.15, -0.1) is 20.4 Å². The van der Waals surface area contributed by atoms with Gasteiger partial charge >= 0.3 is 0 Å². The highest BCUT2D eigenvalue weighted by Crippen LogP contribution is 2.22. The van der Waals surface area contributed by atoms with Gasteiger partial charge in [0.2, 0.25) is 15.8 Å². The summed E-state index contributed by atoms with van der Waals surface area (Å²) in [5.41, 5.74) is 2.93. The normalized spacial score (nSPS) is 11.6. The third kappa shape index (κ3) is 4.70. The van der Waals surface area contributed by atoms with E-state index in [1.54, 1.807) is 16.8 Å². The standard InChI is InChI=1S/C19H21FN10O2S/c1-11-12(2)27-30(13(11)3)18-7-6-17(23-24-18)21-8-9-22-33(31,32)14-4-5-16(20)15(10-14)19-25-28-29-26-19/h4-7,10,22H,8-9H2,1-3H3,(H,21,23)(H,25,26,28,29). The Hall–Kier alpha value is -3.78. The van der Waals surface area contributed by atoms with Crippen molar-refractivity contribution >= 4 is 15.8 Å². The number of hydrogen-bond donors (Lipinski definition) is 3. The van der Waals surface area contributed by atoms with Gasteiger partial charge in [0.1, 0.15) is 11.6 Å². The molecule has 172 valence electrons. The minimum absolute atomic E-state index is 0.0381. The van der Waals surface area contributed by atoms with Crippen molar-refractivity contribution in [1.29, 1.82) is 0 Å². The van der Waals surface area contributed by atoms with Crippen molar-refractivity contribution in [3.8, 4) is 17.2 Å². The van der Waals surface area contributed by atoms with E-state index in [1.165, 1.54) is 6.07 Å². The summed E-state index contributed by atoms with van der Waals surface area (Å²) in [6.07, 6.45) is 0. The Bertz CT molecular complexity index is 1370. The van der Waals surface area contributed by atoms with Crippen LogP contribution in [0.4, 0.5) is 10.2 Å². The molecule has 0 radical (unpaired) electrons. The molecule has 0 bridgehead atoms. The number of nitrogens with one attached hydrogen (secondary N) is 3. The zero-order valence-corrected chi connectivity index (χ0v) is 18.9.